The van der Waals surface area contributed by atoms with E-state index in [0.29, 0.717) is 22.3 Å². The number of carbonyl (C=O) groups is 1. The Morgan fingerprint density at radius 1 is 1.20 bits per heavy atom. The average Bonchev–Trinajstić information content (AvgIpc) is 2.58. The van der Waals surface area contributed by atoms with E-state index in [0.717, 1.165) is 16.6 Å². The molecule has 0 fully saturated rings. The number of nitrogens with one attached hydrogen (secondary N) is 2. The summed E-state index contributed by atoms with van der Waals surface area (Å²) in [7, 11) is 0. The van der Waals surface area contributed by atoms with Crippen molar-refractivity contribution in [2.45, 2.75) is 19.9 Å². The van der Waals surface area contributed by atoms with Crippen LogP contribution in [0.15, 0.2) is 42.5 Å². The van der Waals surface area contributed by atoms with Gasteiger partial charge in [0.2, 0.25) is 5.95 Å². The van der Waals surface area contributed by atoms with Crippen LogP contribution in [-0.4, -0.2) is 27.1 Å². The van der Waals surface area contributed by atoms with Gasteiger partial charge in [0.15, 0.2) is 0 Å². The topological polar surface area (TPSA) is 87.1 Å². The van der Waals surface area contributed by atoms with Crippen molar-refractivity contribution in [2.75, 3.05) is 10.6 Å². The lowest BCUT2D eigenvalue weighted by Crippen LogP contribution is -2.26. The highest BCUT2D eigenvalue weighted by molar-refractivity contribution is 6.31. The van der Waals surface area contributed by atoms with Gasteiger partial charge in [-0.2, -0.15) is 4.98 Å². The van der Waals surface area contributed by atoms with Gasteiger partial charge in [-0.05, 0) is 43.7 Å². The van der Waals surface area contributed by atoms with E-state index >= 15 is 0 Å². The number of para-hydroxylation sites is 1. The Labute approximate surface area is 149 Å². The molecule has 0 aliphatic rings. The number of hydrogen-bond acceptors (Lipinski definition) is 5. The maximum absolute atomic E-state index is 11.1. The summed E-state index contributed by atoms with van der Waals surface area (Å²) in [5.41, 5.74) is 2.44. The van der Waals surface area contributed by atoms with Crippen molar-refractivity contribution in [3.63, 3.8) is 0 Å². The van der Waals surface area contributed by atoms with E-state index < -0.39 is 12.0 Å². The van der Waals surface area contributed by atoms with E-state index in [-0.39, 0.29) is 0 Å². The molecule has 128 valence electrons. The van der Waals surface area contributed by atoms with Crippen LogP contribution >= 0.6 is 11.6 Å². The van der Waals surface area contributed by atoms with Gasteiger partial charge in [0.05, 0.1) is 5.52 Å². The molecule has 1 aromatic heterocycles. The Kier molecular flexibility index (Phi) is 4.72. The molecule has 3 rings (SSSR count). The summed E-state index contributed by atoms with van der Waals surface area (Å²) in [5, 5.41) is 16.6. The van der Waals surface area contributed by atoms with Crippen molar-refractivity contribution < 1.29 is 9.90 Å². The molecule has 0 spiro atoms. The fraction of sp³-hybridized carbons (Fsp3) is 0.167. The Balaban J connectivity index is 2.00. The second-order valence-corrected chi connectivity index (χ2v) is 6.11. The Morgan fingerprint density at radius 3 is 2.68 bits per heavy atom. The van der Waals surface area contributed by atoms with Gasteiger partial charge < -0.3 is 15.7 Å². The van der Waals surface area contributed by atoms with Crippen LogP contribution in [0.2, 0.25) is 5.02 Å². The molecule has 1 heterocycles. The molecule has 0 saturated carbocycles. The molecule has 1 unspecified atom stereocenters. The first-order valence-corrected chi connectivity index (χ1v) is 8.11. The number of rotatable bonds is 5. The van der Waals surface area contributed by atoms with Crippen LogP contribution in [0.4, 0.5) is 17.5 Å². The molecule has 0 saturated heterocycles. The molecule has 1 atom stereocenters. The van der Waals surface area contributed by atoms with E-state index in [1.165, 1.54) is 0 Å². The van der Waals surface area contributed by atoms with Crippen LogP contribution in [-0.2, 0) is 4.79 Å². The molecule has 25 heavy (non-hydrogen) atoms. The number of anilines is 3. The summed E-state index contributed by atoms with van der Waals surface area (Å²) in [5.74, 6) is -0.137. The number of fused-ring (bicyclic) bond motifs is 1. The third-order valence-corrected chi connectivity index (χ3v) is 4.16. The quantitative estimate of drug-likeness (QED) is 0.634. The zero-order valence-electron chi connectivity index (χ0n) is 13.7. The third kappa shape index (κ3) is 3.80. The van der Waals surface area contributed by atoms with Crippen LogP contribution in [0.25, 0.3) is 10.9 Å². The first kappa shape index (κ1) is 17.0. The molecule has 0 bridgehead atoms. The van der Waals surface area contributed by atoms with Gasteiger partial charge in [-0.25, -0.2) is 4.98 Å². The second kappa shape index (κ2) is 6.94. The Morgan fingerprint density at radius 2 is 1.96 bits per heavy atom. The summed E-state index contributed by atoms with van der Waals surface area (Å²) >= 11 is 6.15. The van der Waals surface area contributed by atoms with Crippen LogP contribution in [0.3, 0.4) is 0 Å². The van der Waals surface area contributed by atoms with Crippen LogP contribution in [0.5, 0.6) is 0 Å². The minimum atomic E-state index is -0.956. The van der Waals surface area contributed by atoms with Gasteiger partial charge in [0.1, 0.15) is 11.9 Å². The average molecular weight is 357 g/mol. The van der Waals surface area contributed by atoms with Crippen molar-refractivity contribution in [1.29, 1.82) is 0 Å². The highest BCUT2D eigenvalue weighted by Gasteiger charge is 2.15. The van der Waals surface area contributed by atoms with Gasteiger partial charge in [-0.3, -0.25) is 4.79 Å². The Bertz CT molecular complexity index is 946. The first-order chi connectivity index (χ1) is 11.9. The van der Waals surface area contributed by atoms with E-state index in [1.54, 1.807) is 13.0 Å². The van der Waals surface area contributed by atoms with Crippen LogP contribution in [0, 0.1) is 6.92 Å². The summed E-state index contributed by atoms with van der Waals surface area (Å²) in [6, 6.07) is 12.2. The fourth-order valence-electron chi connectivity index (χ4n) is 2.31. The largest absolute Gasteiger partial charge is 0.480 e. The SMILES string of the molecule is Cc1ccc(Nc2nc(NC(C)C(=O)O)c3ccccc3n2)cc1Cl. The van der Waals surface area contributed by atoms with Crippen molar-refractivity contribution >= 4 is 45.9 Å². The van der Waals surface area contributed by atoms with Crippen molar-refractivity contribution in [3.8, 4) is 0 Å². The van der Waals surface area contributed by atoms with Gasteiger partial charge in [0, 0.05) is 16.1 Å². The molecule has 2 aromatic carbocycles. The lowest BCUT2D eigenvalue weighted by Gasteiger charge is -2.14. The number of hydrogen-bond donors (Lipinski definition) is 3. The summed E-state index contributed by atoms with van der Waals surface area (Å²) in [6.45, 7) is 3.49. The molecule has 3 aromatic rings. The summed E-state index contributed by atoms with van der Waals surface area (Å²) in [4.78, 5) is 20.1. The van der Waals surface area contributed by atoms with Crippen LogP contribution in [0.1, 0.15) is 12.5 Å². The number of benzene rings is 2. The number of nitrogens with zero attached hydrogens (tertiary/aromatic N) is 2. The number of carboxylic acids is 1. The molecule has 0 radical (unpaired) electrons. The lowest BCUT2D eigenvalue weighted by atomic mass is 10.2. The predicted octanol–water partition coefficient (Wildman–Crippen LogP) is 4.22. The smallest absolute Gasteiger partial charge is 0.325 e. The summed E-state index contributed by atoms with van der Waals surface area (Å²) < 4.78 is 0. The normalized spacial score (nSPS) is 12.0. The minimum Gasteiger partial charge on any atom is -0.480 e. The zero-order valence-corrected chi connectivity index (χ0v) is 14.5. The monoisotopic (exact) mass is 356 g/mol. The molecular weight excluding hydrogens is 340 g/mol. The standard InChI is InChI=1S/C18H17ClN4O2/c1-10-7-8-12(9-14(10)19)21-18-22-15-6-4-3-5-13(15)16(23-18)20-11(2)17(24)25/h3-9,11H,1-2H3,(H,24,25)(H2,20,21,22,23). The van der Waals surface area contributed by atoms with E-state index in [1.807, 2.05) is 43.3 Å². The molecule has 6 nitrogen and oxygen atoms in total. The van der Waals surface area contributed by atoms with Gasteiger partial charge in [-0.15, -0.1) is 0 Å². The number of aromatic nitrogens is 2. The van der Waals surface area contributed by atoms with Crippen LogP contribution < -0.4 is 10.6 Å². The predicted molar refractivity (Wildman–Crippen MR) is 99.7 cm³/mol. The number of halogens is 1. The molecular formula is C18H17ClN4O2. The van der Waals surface area contributed by atoms with Gasteiger partial charge in [-0.1, -0.05) is 29.8 Å². The number of aryl methyl sites for hydroxylation is 1. The van der Waals surface area contributed by atoms with Crippen molar-refractivity contribution in [3.05, 3.63) is 53.1 Å². The van der Waals surface area contributed by atoms with Gasteiger partial charge in [0.25, 0.3) is 0 Å². The Hall–Kier alpha value is -2.86. The lowest BCUT2D eigenvalue weighted by molar-refractivity contribution is -0.137. The first-order valence-electron chi connectivity index (χ1n) is 7.73. The second-order valence-electron chi connectivity index (χ2n) is 5.71. The molecule has 0 amide bonds. The van der Waals surface area contributed by atoms with Gasteiger partial charge >= 0.3 is 5.97 Å². The van der Waals surface area contributed by atoms with E-state index in [9.17, 15) is 4.79 Å². The fourth-order valence-corrected chi connectivity index (χ4v) is 2.49. The highest BCUT2D eigenvalue weighted by Crippen LogP contribution is 2.26. The summed E-state index contributed by atoms with van der Waals surface area (Å²) in [6.07, 6.45) is 0. The molecule has 3 N–H and O–H groups in total. The highest BCUT2D eigenvalue weighted by atomic mass is 35.5. The molecule has 0 aliphatic heterocycles. The number of aliphatic carboxylic acids is 1. The molecule has 7 heteroatoms. The maximum atomic E-state index is 11.1. The van der Waals surface area contributed by atoms with E-state index in [2.05, 4.69) is 20.6 Å². The molecule has 0 aliphatic carbocycles. The third-order valence-electron chi connectivity index (χ3n) is 3.75. The van der Waals surface area contributed by atoms with E-state index in [4.69, 9.17) is 16.7 Å². The zero-order chi connectivity index (χ0) is 18.0. The minimum absolute atomic E-state index is 0.360. The maximum Gasteiger partial charge on any atom is 0.325 e. The van der Waals surface area contributed by atoms with Crippen molar-refractivity contribution in [1.82, 2.24) is 9.97 Å². The number of carboxylic acid groups (broad SMARTS) is 1. The van der Waals surface area contributed by atoms with Crippen molar-refractivity contribution in [2.24, 2.45) is 0 Å².